The summed E-state index contributed by atoms with van der Waals surface area (Å²) in [6.45, 7) is 0. The molecule has 0 aromatic carbocycles. The molecule has 1 N–H and O–H groups in total. The minimum Gasteiger partial charge on any atom is -0.477 e. The number of carboxylic acid groups (broad SMARTS) is 1. The van der Waals surface area contributed by atoms with E-state index < -0.39 is 5.97 Å². The molecule has 0 saturated heterocycles. The first-order valence-electron chi connectivity index (χ1n) is 3.79. The van der Waals surface area contributed by atoms with Crippen LogP contribution in [-0.2, 0) is 6.42 Å². The average molecular weight is 176 g/mol. The third-order valence-corrected chi connectivity index (χ3v) is 1.57. The molecule has 0 fully saturated rings. The summed E-state index contributed by atoms with van der Waals surface area (Å²) in [6, 6.07) is 5.12. The van der Waals surface area contributed by atoms with Gasteiger partial charge in [-0.05, 0) is 18.1 Å². The van der Waals surface area contributed by atoms with E-state index in [-0.39, 0.29) is 5.69 Å². The Morgan fingerprint density at radius 3 is 2.85 bits per heavy atom. The van der Waals surface area contributed by atoms with Crippen LogP contribution in [0, 0.1) is 11.3 Å². The van der Waals surface area contributed by atoms with Gasteiger partial charge in [-0.3, -0.25) is 0 Å². The first-order valence-corrected chi connectivity index (χ1v) is 3.79. The molecule has 0 aliphatic heterocycles. The van der Waals surface area contributed by atoms with E-state index in [1.54, 1.807) is 6.07 Å². The first kappa shape index (κ1) is 9.20. The number of nitrogens with zero attached hydrogens (tertiary/aromatic N) is 2. The SMILES string of the molecule is N#CCCc1ccc(C(=O)O)nc1. The van der Waals surface area contributed by atoms with Crippen molar-refractivity contribution in [3.05, 3.63) is 29.6 Å². The number of hydrogen-bond acceptors (Lipinski definition) is 3. The van der Waals surface area contributed by atoms with Gasteiger partial charge in [-0.15, -0.1) is 0 Å². The highest BCUT2D eigenvalue weighted by molar-refractivity contribution is 5.85. The fourth-order valence-corrected chi connectivity index (χ4v) is 0.899. The van der Waals surface area contributed by atoms with Crippen molar-refractivity contribution in [1.82, 2.24) is 4.98 Å². The topological polar surface area (TPSA) is 74.0 Å². The van der Waals surface area contributed by atoms with Crippen molar-refractivity contribution in [2.45, 2.75) is 12.8 Å². The molecule has 0 aliphatic carbocycles. The molecule has 1 rings (SSSR count). The molecule has 0 saturated carbocycles. The Kier molecular flexibility index (Phi) is 2.98. The molecule has 1 aromatic rings. The van der Waals surface area contributed by atoms with Crippen LogP contribution in [0.3, 0.4) is 0 Å². The van der Waals surface area contributed by atoms with Crippen LogP contribution in [0.5, 0.6) is 0 Å². The molecular weight excluding hydrogens is 168 g/mol. The van der Waals surface area contributed by atoms with E-state index in [4.69, 9.17) is 10.4 Å². The first-order chi connectivity index (χ1) is 6.24. The number of carboxylic acids is 1. The highest BCUT2D eigenvalue weighted by Gasteiger charge is 2.02. The molecule has 0 bridgehead atoms. The zero-order valence-corrected chi connectivity index (χ0v) is 6.90. The fraction of sp³-hybridized carbons (Fsp3) is 0.222. The van der Waals surface area contributed by atoms with Crippen molar-refractivity contribution >= 4 is 5.97 Å². The third-order valence-electron chi connectivity index (χ3n) is 1.57. The molecular formula is C9H8N2O2. The summed E-state index contributed by atoms with van der Waals surface area (Å²) in [6.07, 6.45) is 2.53. The Labute approximate surface area is 75.5 Å². The van der Waals surface area contributed by atoms with Crippen LogP contribution in [0.25, 0.3) is 0 Å². The van der Waals surface area contributed by atoms with Crippen molar-refractivity contribution in [2.75, 3.05) is 0 Å². The number of aromatic carboxylic acids is 1. The predicted molar refractivity (Wildman–Crippen MR) is 45.1 cm³/mol. The van der Waals surface area contributed by atoms with Crippen molar-refractivity contribution in [1.29, 1.82) is 5.26 Å². The molecule has 13 heavy (non-hydrogen) atoms. The van der Waals surface area contributed by atoms with Gasteiger partial charge in [0.2, 0.25) is 0 Å². The quantitative estimate of drug-likeness (QED) is 0.751. The molecule has 0 aliphatic rings. The minimum absolute atomic E-state index is 0.0284. The molecule has 1 aromatic heterocycles. The molecule has 0 amide bonds. The van der Waals surface area contributed by atoms with E-state index >= 15 is 0 Å². The minimum atomic E-state index is -1.04. The molecule has 0 spiro atoms. The van der Waals surface area contributed by atoms with Gasteiger partial charge < -0.3 is 5.11 Å². The molecule has 66 valence electrons. The van der Waals surface area contributed by atoms with Crippen LogP contribution >= 0.6 is 0 Å². The van der Waals surface area contributed by atoms with Gasteiger partial charge in [0.25, 0.3) is 0 Å². The maximum absolute atomic E-state index is 10.4. The van der Waals surface area contributed by atoms with E-state index in [2.05, 4.69) is 4.98 Å². The Balaban J connectivity index is 2.71. The van der Waals surface area contributed by atoms with Gasteiger partial charge in [0.15, 0.2) is 0 Å². The van der Waals surface area contributed by atoms with Gasteiger partial charge in [-0.25, -0.2) is 9.78 Å². The lowest BCUT2D eigenvalue weighted by atomic mass is 10.1. The monoisotopic (exact) mass is 176 g/mol. The smallest absolute Gasteiger partial charge is 0.354 e. The molecule has 4 nitrogen and oxygen atoms in total. The maximum Gasteiger partial charge on any atom is 0.354 e. The highest BCUT2D eigenvalue weighted by Crippen LogP contribution is 2.02. The number of nitriles is 1. The molecule has 0 radical (unpaired) electrons. The van der Waals surface area contributed by atoms with Gasteiger partial charge in [-0.2, -0.15) is 5.26 Å². The maximum atomic E-state index is 10.4. The van der Waals surface area contributed by atoms with Crippen molar-refractivity contribution < 1.29 is 9.90 Å². The Hall–Kier alpha value is -1.89. The van der Waals surface area contributed by atoms with Gasteiger partial charge in [0, 0.05) is 12.6 Å². The van der Waals surface area contributed by atoms with Gasteiger partial charge >= 0.3 is 5.97 Å². The Morgan fingerprint density at radius 1 is 1.62 bits per heavy atom. The number of rotatable bonds is 3. The highest BCUT2D eigenvalue weighted by atomic mass is 16.4. The van der Waals surface area contributed by atoms with Crippen LogP contribution < -0.4 is 0 Å². The van der Waals surface area contributed by atoms with Crippen LogP contribution in [-0.4, -0.2) is 16.1 Å². The van der Waals surface area contributed by atoms with Crippen LogP contribution in [0.2, 0.25) is 0 Å². The van der Waals surface area contributed by atoms with Crippen LogP contribution in [0.15, 0.2) is 18.3 Å². The second-order valence-corrected chi connectivity index (χ2v) is 2.51. The number of carbonyl (C=O) groups is 1. The molecule has 0 unspecified atom stereocenters. The van der Waals surface area contributed by atoms with E-state index in [1.807, 2.05) is 6.07 Å². The second kappa shape index (κ2) is 4.21. The Bertz CT molecular complexity index is 338. The zero-order chi connectivity index (χ0) is 9.68. The summed E-state index contributed by atoms with van der Waals surface area (Å²) in [7, 11) is 0. The summed E-state index contributed by atoms with van der Waals surface area (Å²) in [5.41, 5.74) is 0.909. The van der Waals surface area contributed by atoms with Gasteiger partial charge in [0.05, 0.1) is 6.07 Å². The van der Waals surface area contributed by atoms with Crippen molar-refractivity contribution in [3.8, 4) is 6.07 Å². The summed E-state index contributed by atoms with van der Waals surface area (Å²) in [5.74, 6) is -1.04. The van der Waals surface area contributed by atoms with E-state index in [9.17, 15) is 4.79 Å². The van der Waals surface area contributed by atoms with Crippen LogP contribution in [0.1, 0.15) is 22.5 Å². The van der Waals surface area contributed by atoms with Crippen molar-refractivity contribution in [2.24, 2.45) is 0 Å². The lowest BCUT2D eigenvalue weighted by molar-refractivity contribution is 0.0690. The van der Waals surface area contributed by atoms with E-state index in [0.717, 1.165) is 5.56 Å². The average Bonchev–Trinajstić information content (AvgIpc) is 2.15. The fourth-order valence-electron chi connectivity index (χ4n) is 0.899. The largest absolute Gasteiger partial charge is 0.477 e. The van der Waals surface area contributed by atoms with Gasteiger partial charge in [0.1, 0.15) is 5.69 Å². The summed E-state index contributed by atoms with van der Waals surface area (Å²) >= 11 is 0. The summed E-state index contributed by atoms with van der Waals surface area (Å²) in [5, 5.41) is 16.8. The predicted octanol–water partition coefficient (Wildman–Crippen LogP) is 1.24. The zero-order valence-electron chi connectivity index (χ0n) is 6.90. The lowest BCUT2D eigenvalue weighted by Crippen LogP contribution is -2.00. The normalized spacial score (nSPS) is 9.15. The lowest BCUT2D eigenvalue weighted by Gasteiger charge is -1.96. The second-order valence-electron chi connectivity index (χ2n) is 2.51. The van der Waals surface area contributed by atoms with E-state index in [0.29, 0.717) is 12.8 Å². The number of pyridine rings is 1. The summed E-state index contributed by atoms with van der Waals surface area (Å²) < 4.78 is 0. The molecule has 0 atom stereocenters. The number of aryl methyl sites for hydroxylation is 1. The number of aromatic nitrogens is 1. The van der Waals surface area contributed by atoms with Gasteiger partial charge in [-0.1, -0.05) is 6.07 Å². The van der Waals surface area contributed by atoms with Crippen molar-refractivity contribution in [3.63, 3.8) is 0 Å². The third kappa shape index (κ3) is 2.56. The molecule has 4 heteroatoms. The summed E-state index contributed by atoms with van der Waals surface area (Å²) in [4.78, 5) is 14.1. The molecule has 1 heterocycles. The van der Waals surface area contributed by atoms with Crippen LogP contribution in [0.4, 0.5) is 0 Å². The van der Waals surface area contributed by atoms with E-state index in [1.165, 1.54) is 12.3 Å². The Morgan fingerprint density at radius 2 is 2.38 bits per heavy atom. The number of hydrogen-bond donors (Lipinski definition) is 1. The standard InChI is InChI=1S/C9H8N2O2/c10-5-1-2-7-3-4-8(9(12)13)11-6-7/h3-4,6H,1-2H2,(H,12,13).